The van der Waals surface area contributed by atoms with E-state index in [4.69, 9.17) is 0 Å². The lowest BCUT2D eigenvalue weighted by Gasteiger charge is -2.20. The smallest absolute Gasteiger partial charge is 0.233 e. The van der Waals surface area contributed by atoms with Crippen LogP contribution in [-0.4, -0.2) is 32.5 Å². The van der Waals surface area contributed by atoms with E-state index in [0.29, 0.717) is 18.8 Å². The number of rotatable bonds is 6. The standard InChI is InChI=1S/C18H19N3OS/c1-2-20(13-15-8-4-3-5-9-15)17(22)14-23-18-19-12-16-10-6-7-11-21(16)18/h3-12H,2,13-14H2,1H3. The third-order valence-corrected chi connectivity index (χ3v) is 4.63. The molecule has 2 aromatic heterocycles. The van der Waals surface area contributed by atoms with Gasteiger partial charge in [-0.3, -0.25) is 9.20 Å². The Bertz CT molecular complexity index is 785. The van der Waals surface area contributed by atoms with Crippen LogP contribution < -0.4 is 0 Å². The summed E-state index contributed by atoms with van der Waals surface area (Å²) in [5.41, 5.74) is 2.19. The van der Waals surface area contributed by atoms with Crippen LogP contribution in [0.4, 0.5) is 0 Å². The van der Waals surface area contributed by atoms with Crippen LogP contribution in [0.15, 0.2) is 66.1 Å². The van der Waals surface area contributed by atoms with Crippen LogP contribution in [0.2, 0.25) is 0 Å². The molecule has 5 heteroatoms. The predicted octanol–water partition coefficient (Wildman–Crippen LogP) is 3.48. The van der Waals surface area contributed by atoms with E-state index in [2.05, 4.69) is 4.98 Å². The van der Waals surface area contributed by atoms with Gasteiger partial charge < -0.3 is 4.90 Å². The molecule has 0 atom stereocenters. The van der Waals surface area contributed by atoms with E-state index in [-0.39, 0.29) is 5.91 Å². The summed E-state index contributed by atoms with van der Waals surface area (Å²) >= 11 is 1.48. The number of carbonyl (C=O) groups is 1. The zero-order chi connectivity index (χ0) is 16.1. The molecule has 0 N–H and O–H groups in total. The van der Waals surface area contributed by atoms with Crippen molar-refractivity contribution in [2.24, 2.45) is 0 Å². The van der Waals surface area contributed by atoms with Gasteiger partial charge in [-0.2, -0.15) is 0 Å². The summed E-state index contributed by atoms with van der Waals surface area (Å²) in [5, 5.41) is 0.852. The molecule has 0 saturated heterocycles. The predicted molar refractivity (Wildman–Crippen MR) is 93.4 cm³/mol. The van der Waals surface area contributed by atoms with Crippen molar-refractivity contribution in [1.82, 2.24) is 14.3 Å². The van der Waals surface area contributed by atoms with E-state index in [1.807, 2.05) is 77.1 Å². The molecule has 0 unspecified atom stereocenters. The van der Waals surface area contributed by atoms with Gasteiger partial charge in [-0.25, -0.2) is 4.98 Å². The molecular weight excluding hydrogens is 306 g/mol. The first-order valence-electron chi connectivity index (χ1n) is 7.64. The number of amides is 1. The zero-order valence-corrected chi connectivity index (χ0v) is 13.9. The molecular formula is C18H19N3OS. The van der Waals surface area contributed by atoms with Crippen LogP contribution >= 0.6 is 11.8 Å². The number of imidazole rings is 1. The van der Waals surface area contributed by atoms with Crippen LogP contribution in [0, 0.1) is 0 Å². The lowest BCUT2D eigenvalue weighted by atomic mass is 10.2. The number of aromatic nitrogens is 2. The highest BCUT2D eigenvalue weighted by Gasteiger charge is 2.14. The van der Waals surface area contributed by atoms with Crippen LogP contribution in [0.1, 0.15) is 12.5 Å². The fourth-order valence-electron chi connectivity index (χ4n) is 2.42. The normalized spacial score (nSPS) is 10.8. The maximum atomic E-state index is 12.5. The Hall–Kier alpha value is -2.27. The SMILES string of the molecule is CCN(Cc1ccccc1)C(=O)CSc1ncc2ccccn12. The van der Waals surface area contributed by atoms with E-state index < -0.39 is 0 Å². The van der Waals surface area contributed by atoms with Crippen LogP contribution in [-0.2, 0) is 11.3 Å². The molecule has 0 saturated carbocycles. The number of thioether (sulfide) groups is 1. The molecule has 0 bridgehead atoms. The summed E-state index contributed by atoms with van der Waals surface area (Å²) in [7, 11) is 0. The summed E-state index contributed by atoms with van der Waals surface area (Å²) in [6.45, 7) is 3.37. The Morgan fingerprint density at radius 3 is 2.74 bits per heavy atom. The van der Waals surface area contributed by atoms with Gasteiger partial charge in [0.15, 0.2) is 5.16 Å². The zero-order valence-electron chi connectivity index (χ0n) is 13.1. The average molecular weight is 325 g/mol. The van der Waals surface area contributed by atoms with Gasteiger partial charge in [0.05, 0.1) is 17.5 Å². The summed E-state index contributed by atoms with van der Waals surface area (Å²) in [6.07, 6.45) is 3.80. The van der Waals surface area contributed by atoms with Crippen LogP contribution in [0.3, 0.4) is 0 Å². The van der Waals surface area contributed by atoms with Crippen molar-refractivity contribution in [1.29, 1.82) is 0 Å². The molecule has 3 rings (SSSR count). The highest BCUT2D eigenvalue weighted by atomic mass is 32.2. The molecule has 1 amide bonds. The second kappa shape index (κ2) is 7.33. The number of nitrogens with zero attached hydrogens (tertiary/aromatic N) is 3. The molecule has 0 fully saturated rings. The van der Waals surface area contributed by atoms with Gasteiger partial charge in [0.25, 0.3) is 0 Å². The Kier molecular flexibility index (Phi) is 4.98. The minimum Gasteiger partial charge on any atom is -0.338 e. The van der Waals surface area contributed by atoms with Crippen molar-refractivity contribution in [2.45, 2.75) is 18.6 Å². The highest BCUT2D eigenvalue weighted by molar-refractivity contribution is 7.99. The van der Waals surface area contributed by atoms with E-state index in [0.717, 1.165) is 16.2 Å². The molecule has 2 heterocycles. The van der Waals surface area contributed by atoms with E-state index in [1.165, 1.54) is 11.8 Å². The summed E-state index contributed by atoms with van der Waals surface area (Å²) in [5.74, 6) is 0.531. The number of benzene rings is 1. The van der Waals surface area contributed by atoms with Crippen LogP contribution in [0.25, 0.3) is 5.52 Å². The topological polar surface area (TPSA) is 37.6 Å². The molecule has 4 nitrogen and oxygen atoms in total. The molecule has 118 valence electrons. The fourth-order valence-corrected chi connectivity index (χ4v) is 3.29. The first-order valence-corrected chi connectivity index (χ1v) is 8.63. The second-order valence-corrected chi connectivity index (χ2v) is 6.16. The first kappa shape index (κ1) is 15.6. The lowest BCUT2D eigenvalue weighted by Crippen LogP contribution is -2.31. The third-order valence-electron chi connectivity index (χ3n) is 3.68. The van der Waals surface area contributed by atoms with Gasteiger partial charge in [0.1, 0.15) is 0 Å². The highest BCUT2D eigenvalue weighted by Crippen LogP contribution is 2.19. The van der Waals surface area contributed by atoms with E-state index in [9.17, 15) is 4.79 Å². The Balaban J connectivity index is 1.63. The van der Waals surface area contributed by atoms with Gasteiger partial charge in [0.2, 0.25) is 5.91 Å². The average Bonchev–Trinajstić information content (AvgIpc) is 3.01. The summed E-state index contributed by atoms with van der Waals surface area (Å²) in [4.78, 5) is 18.7. The van der Waals surface area contributed by atoms with Gasteiger partial charge in [-0.15, -0.1) is 0 Å². The minimum atomic E-state index is 0.133. The molecule has 1 aromatic carbocycles. The van der Waals surface area contributed by atoms with E-state index >= 15 is 0 Å². The summed E-state index contributed by atoms with van der Waals surface area (Å²) < 4.78 is 2.01. The van der Waals surface area contributed by atoms with E-state index in [1.54, 1.807) is 0 Å². The van der Waals surface area contributed by atoms with Crippen molar-refractivity contribution in [3.05, 3.63) is 66.5 Å². The second-order valence-electron chi connectivity index (χ2n) is 5.22. The van der Waals surface area contributed by atoms with Crippen molar-refractivity contribution >= 4 is 23.2 Å². The van der Waals surface area contributed by atoms with Crippen molar-refractivity contribution in [3.63, 3.8) is 0 Å². The fraction of sp³-hybridized carbons (Fsp3) is 0.222. The monoisotopic (exact) mass is 325 g/mol. The van der Waals surface area contributed by atoms with Gasteiger partial charge in [0, 0.05) is 19.3 Å². The molecule has 0 spiro atoms. The first-order chi connectivity index (χ1) is 11.3. The largest absolute Gasteiger partial charge is 0.338 e. The van der Waals surface area contributed by atoms with Gasteiger partial charge in [-0.1, -0.05) is 48.2 Å². The number of pyridine rings is 1. The summed E-state index contributed by atoms with van der Waals surface area (Å²) in [6, 6.07) is 16.0. The van der Waals surface area contributed by atoms with Crippen molar-refractivity contribution in [2.75, 3.05) is 12.3 Å². The van der Waals surface area contributed by atoms with Crippen molar-refractivity contribution < 1.29 is 4.79 Å². The molecule has 3 aromatic rings. The Morgan fingerprint density at radius 1 is 1.17 bits per heavy atom. The minimum absolute atomic E-state index is 0.133. The molecule has 0 aliphatic heterocycles. The van der Waals surface area contributed by atoms with Crippen molar-refractivity contribution in [3.8, 4) is 0 Å². The number of carbonyl (C=O) groups excluding carboxylic acids is 1. The third kappa shape index (κ3) is 3.74. The molecule has 0 aliphatic rings. The maximum absolute atomic E-state index is 12.5. The molecule has 23 heavy (non-hydrogen) atoms. The molecule has 0 aliphatic carbocycles. The lowest BCUT2D eigenvalue weighted by molar-refractivity contribution is -0.128. The number of hydrogen-bond acceptors (Lipinski definition) is 3. The van der Waals surface area contributed by atoms with Gasteiger partial charge in [-0.05, 0) is 24.6 Å². The van der Waals surface area contributed by atoms with Gasteiger partial charge >= 0.3 is 0 Å². The molecule has 0 radical (unpaired) electrons. The number of hydrogen-bond donors (Lipinski definition) is 0. The Morgan fingerprint density at radius 2 is 1.96 bits per heavy atom. The number of fused-ring (bicyclic) bond motifs is 1. The maximum Gasteiger partial charge on any atom is 0.233 e. The Labute approximate surface area is 140 Å². The quantitative estimate of drug-likeness (QED) is 0.651. The van der Waals surface area contributed by atoms with Crippen LogP contribution in [0.5, 0.6) is 0 Å².